The van der Waals surface area contributed by atoms with E-state index >= 15 is 0 Å². The van der Waals surface area contributed by atoms with Gasteiger partial charge in [0.25, 0.3) is 5.91 Å². The molecule has 2 aromatic heterocycles. The highest BCUT2D eigenvalue weighted by atomic mass is 32.2. The van der Waals surface area contributed by atoms with E-state index in [0.29, 0.717) is 10.8 Å². The summed E-state index contributed by atoms with van der Waals surface area (Å²) >= 11 is 3.57. The highest BCUT2D eigenvalue weighted by molar-refractivity contribution is 8.01. The van der Waals surface area contributed by atoms with Gasteiger partial charge < -0.3 is 9.88 Å². The molecule has 1 aliphatic carbocycles. The molecular formula is C17H21N3O2S2. The normalized spacial score (nSPS) is 20.8. The van der Waals surface area contributed by atoms with Crippen LogP contribution in [0.25, 0.3) is 0 Å². The number of hydrogen-bond donors (Lipinski definition) is 1. The second kappa shape index (κ2) is 7.53. The summed E-state index contributed by atoms with van der Waals surface area (Å²) in [5.41, 5.74) is 1.51. The number of thioether (sulfide) groups is 1. The fourth-order valence-electron chi connectivity index (χ4n) is 2.85. The maximum atomic E-state index is 12.3. The molecule has 1 N–H and O–H groups in total. The van der Waals surface area contributed by atoms with E-state index in [1.807, 2.05) is 18.7 Å². The molecule has 0 bridgehead atoms. The number of nitrogens with one attached hydrogen (secondary N) is 1. The van der Waals surface area contributed by atoms with E-state index in [1.165, 1.54) is 10.6 Å². The molecule has 0 saturated heterocycles. The quantitative estimate of drug-likeness (QED) is 0.907. The molecule has 0 atom stereocenters. The van der Waals surface area contributed by atoms with Crippen molar-refractivity contribution in [2.45, 2.75) is 48.2 Å². The van der Waals surface area contributed by atoms with Crippen molar-refractivity contribution in [2.24, 2.45) is 7.05 Å². The minimum Gasteiger partial charge on any atom is -0.349 e. The molecule has 0 aromatic carbocycles. The highest BCUT2D eigenvalue weighted by Crippen LogP contribution is 2.35. The number of amides is 1. The molecule has 1 aliphatic rings. The van der Waals surface area contributed by atoms with E-state index in [4.69, 9.17) is 0 Å². The lowest BCUT2D eigenvalue weighted by Crippen LogP contribution is -2.38. The van der Waals surface area contributed by atoms with Crippen molar-refractivity contribution in [1.29, 1.82) is 0 Å². The Bertz CT molecular complexity index is 776. The van der Waals surface area contributed by atoms with Crippen molar-refractivity contribution in [1.82, 2.24) is 14.9 Å². The van der Waals surface area contributed by atoms with E-state index in [0.717, 1.165) is 35.7 Å². The Morgan fingerprint density at radius 1 is 1.33 bits per heavy atom. The molecule has 5 nitrogen and oxygen atoms in total. The van der Waals surface area contributed by atoms with Crippen LogP contribution in [-0.2, 0) is 7.05 Å². The summed E-state index contributed by atoms with van der Waals surface area (Å²) in [5, 5.41) is 5.76. The molecule has 0 unspecified atom stereocenters. The SMILES string of the molecule is Cc1csc(SC2CCC(NC(=O)c3ccc(=O)n(C)c3)CC2)n1. The summed E-state index contributed by atoms with van der Waals surface area (Å²) in [6.45, 7) is 2.02. The lowest BCUT2D eigenvalue weighted by atomic mass is 9.95. The van der Waals surface area contributed by atoms with Gasteiger partial charge in [0.15, 0.2) is 0 Å². The van der Waals surface area contributed by atoms with Crippen LogP contribution in [0.4, 0.5) is 0 Å². The molecule has 128 valence electrons. The van der Waals surface area contributed by atoms with Gasteiger partial charge in [-0.1, -0.05) is 11.8 Å². The monoisotopic (exact) mass is 363 g/mol. The smallest absolute Gasteiger partial charge is 0.252 e. The van der Waals surface area contributed by atoms with Gasteiger partial charge in [0, 0.05) is 41.7 Å². The van der Waals surface area contributed by atoms with Crippen LogP contribution in [-0.4, -0.2) is 26.8 Å². The number of pyridine rings is 1. The van der Waals surface area contributed by atoms with Crippen LogP contribution < -0.4 is 10.9 Å². The van der Waals surface area contributed by atoms with E-state index in [-0.39, 0.29) is 17.5 Å². The van der Waals surface area contributed by atoms with Crippen LogP contribution in [0.5, 0.6) is 0 Å². The summed E-state index contributed by atoms with van der Waals surface area (Å²) in [4.78, 5) is 28.2. The predicted octanol–water partition coefficient (Wildman–Crippen LogP) is 2.98. The number of thiazole rings is 1. The fraction of sp³-hybridized carbons (Fsp3) is 0.471. The first kappa shape index (κ1) is 17.2. The van der Waals surface area contributed by atoms with Gasteiger partial charge in [-0.2, -0.15) is 0 Å². The lowest BCUT2D eigenvalue weighted by Gasteiger charge is -2.28. The first-order valence-corrected chi connectivity index (χ1v) is 9.83. The Morgan fingerprint density at radius 3 is 2.71 bits per heavy atom. The Balaban J connectivity index is 1.50. The molecule has 2 heterocycles. The van der Waals surface area contributed by atoms with Gasteiger partial charge >= 0.3 is 0 Å². The second-order valence-electron chi connectivity index (χ2n) is 6.19. The first-order chi connectivity index (χ1) is 11.5. The topological polar surface area (TPSA) is 64.0 Å². The maximum absolute atomic E-state index is 12.3. The molecule has 3 rings (SSSR count). The molecule has 7 heteroatoms. The molecule has 1 fully saturated rings. The average molecular weight is 364 g/mol. The molecule has 1 amide bonds. The van der Waals surface area contributed by atoms with Gasteiger partial charge in [-0.3, -0.25) is 9.59 Å². The number of carbonyl (C=O) groups excluding carboxylic acids is 1. The second-order valence-corrected chi connectivity index (χ2v) is 8.59. The minimum atomic E-state index is -0.110. The van der Waals surface area contributed by atoms with E-state index in [9.17, 15) is 9.59 Å². The van der Waals surface area contributed by atoms with Crippen molar-refractivity contribution < 1.29 is 4.79 Å². The third-order valence-corrected chi connectivity index (χ3v) is 6.65. The zero-order valence-corrected chi connectivity index (χ0v) is 15.5. The van der Waals surface area contributed by atoms with Gasteiger partial charge in [0.05, 0.1) is 5.56 Å². The summed E-state index contributed by atoms with van der Waals surface area (Å²) in [6.07, 6.45) is 5.73. The van der Waals surface area contributed by atoms with Gasteiger partial charge in [-0.05, 0) is 38.7 Å². The van der Waals surface area contributed by atoms with Crippen LogP contribution in [0.1, 0.15) is 41.7 Å². The fourth-order valence-corrected chi connectivity index (χ4v) is 5.14. The Morgan fingerprint density at radius 2 is 2.08 bits per heavy atom. The summed E-state index contributed by atoms with van der Waals surface area (Å²) in [6, 6.07) is 3.23. The van der Waals surface area contributed by atoms with Crippen molar-refractivity contribution in [2.75, 3.05) is 0 Å². The van der Waals surface area contributed by atoms with Crippen molar-refractivity contribution >= 4 is 29.0 Å². The largest absolute Gasteiger partial charge is 0.349 e. The van der Waals surface area contributed by atoms with Crippen LogP contribution in [0.3, 0.4) is 0 Å². The lowest BCUT2D eigenvalue weighted by molar-refractivity contribution is 0.0927. The number of nitrogens with zero attached hydrogens (tertiary/aromatic N) is 2. The Labute approximate surface area is 149 Å². The third kappa shape index (κ3) is 4.27. The number of rotatable bonds is 4. The molecule has 0 radical (unpaired) electrons. The first-order valence-electron chi connectivity index (χ1n) is 8.07. The zero-order valence-electron chi connectivity index (χ0n) is 13.8. The molecule has 0 spiro atoms. The Kier molecular flexibility index (Phi) is 5.40. The van der Waals surface area contributed by atoms with E-state index in [2.05, 4.69) is 15.7 Å². The minimum absolute atomic E-state index is 0.0998. The number of aryl methyl sites for hydroxylation is 2. The zero-order chi connectivity index (χ0) is 17.1. The summed E-state index contributed by atoms with van der Waals surface area (Å²) < 4.78 is 2.57. The van der Waals surface area contributed by atoms with Gasteiger partial charge in [-0.25, -0.2) is 4.98 Å². The average Bonchev–Trinajstić information content (AvgIpc) is 2.97. The highest BCUT2D eigenvalue weighted by Gasteiger charge is 2.24. The van der Waals surface area contributed by atoms with E-state index < -0.39 is 0 Å². The third-order valence-electron chi connectivity index (χ3n) is 4.22. The van der Waals surface area contributed by atoms with Crippen molar-refractivity contribution in [3.63, 3.8) is 0 Å². The predicted molar refractivity (Wildman–Crippen MR) is 97.9 cm³/mol. The van der Waals surface area contributed by atoms with Crippen LogP contribution in [0, 0.1) is 6.92 Å². The van der Waals surface area contributed by atoms with Crippen LogP contribution in [0.2, 0.25) is 0 Å². The Hall–Kier alpha value is -1.60. The summed E-state index contributed by atoms with van der Waals surface area (Å²) in [7, 11) is 1.65. The summed E-state index contributed by atoms with van der Waals surface area (Å²) in [5.74, 6) is -0.0998. The van der Waals surface area contributed by atoms with Crippen LogP contribution >= 0.6 is 23.1 Å². The molecule has 1 saturated carbocycles. The van der Waals surface area contributed by atoms with Crippen LogP contribution in [0.15, 0.2) is 32.8 Å². The molecule has 0 aliphatic heterocycles. The van der Waals surface area contributed by atoms with Gasteiger partial charge in [-0.15, -0.1) is 11.3 Å². The van der Waals surface area contributed by atoms with E-state index in [1.54, 1.807) is 30.6 Å². The van der Waals surface area contributed by atoms with Crippen molar-refractivity contribution in [3.05, 3.63) is 45.3 Å². The molecular weight excluding hydrogens is 342 g/mol. The van der Waals surface area contributed by atoms with Gasteiger partial charge in [0.2, 0.25) is 5.56 Å². The number of carbonyl (C=O) groups is 1. The standard InChI is InChI=1S/C17H21N3O2S2/c1-11-10-23-17(18-11)24-14-6-4-13(5-7-14)19-16(22)12-3-8-15(21)20(2)9-12/h3,8-10,13-14H,4-7H2,1-2H3,(H,19,22). The van der Waals surface area contributed by atoms with Crippen molar-refractivity contribution in [3.8, 4) is 0 Å². The van der Waals surface area contributed by atoms with Gasteiger partial charge in [0.1, 0.15) is 4.34 Å². The number of aromatic nitrogens is 2. The molecule has 2 aromatic rings. The number of hydrogen-bond acceptors (Lipinski definition) is 5. The molecule has 24 heavy (non-hydrogen) atoms. The maximum Gasteiger partial charge on any atom is 0.252 e.